The molecule has 3 heterocycles. The predicted molar refractivity (Wildman–Crippen MR) is 153 cm³/mol. The molecule has 0 saturated carbocycles. The van der Waals surface area contributed by atoms with E-state index in [1.54, 1.807) is 31.2 Å². The van der Waals surface area contributed by atoms with Crippen molar-refractivity contribution in [3.8, 4) is 5.69 Å². The summed E-state index contributed by atoms with van der Waals surface area (Å²) in [6, 6.07) is 8.48. The second-order valence-electron chi connectivity index (χ2n) is 10.4. The Balaban J connectivity index is 1.28. The summed E-state index contributed by atoms with van der Waals surface area (Å²) in [6.45, 7) is 2.15. The summed E-state index contributed by atoms with van der Waals surface area (Å²) in [5.74, 6) is -1.79. The molecule has 0 unspecified atom stereocenters. The standard InChI is InChI=1S/C28H32F2N9O6/c1-20(37-10-11-38(26(37)40)22-5-7-23(8-6-22)39-16-31-33-34-39)28(42,24-9-4-21(29)14-25(24)30)15-36-18-35(17-32-36)19-45-27(41)44-13-3-12-43-2/h4-9,14,16,20,42H,3,10-13,15,18-19H2,1-2H3/q+1/t20-,28+/m1/s1. The number of urea groups is 1. The number of methoxy groups -OCH3 is 1. The van der Waals surface area contributed by atoms with E-state index >= 15 is 4.39 Å². The number of carbonyl (C=O) groups is 2. The number of aliphatic hydroxyl groups is 1. The Morgan fingerprint density at radius 2 is 1.89 bits per heavy atom. The maximum absolute atomic E-state index is 15.2. The van der Waals surface area contributed by atoms with Crippen LogP contribution in [0, 0.1) is 11.6 Å². The molecule has 1 saturated heterocycles. The van der Waals surface area contributed by atoms with Crippen molar-refractivity contribution >= 4 is 24.2 Å². The molecule has 238 valence electrons. The molecular formula is C28H32F2N9O6+. The van der Waals surface area contributed by atoms with E-state index in [4.69, 9.17) is 14.2 Å². The number of carbonyl (C=O) groups excluding carboxylic acids is 2. The Morgan fingerprint density at radius 3 is 2.60 bits per heavy atom. The Morgan fingerprint density at radius 1 is 1.11 bits per heavy atom. The number of rotatable bonds is 13. The summed E-state index contributed by atoms with van der Waals surface area (Å²) >= 11 is 0. The molecule has 15 nitrogen and oxygen atoms in total. The number of nitrogens with zero attached hydrogens (tertiary/aromatic N) is 9. The summed E-state index contributed by atoms with van der Waals surface area (Å²) in [4.78, 5) is 29.9. The highest BCUT2D eigenvalue weighted by Crippen LogP contribution is 2.35. The quantitative estimate of drug-likeness (QED) is 0.168. The number of β-amino-alcohol motifs (C(OH)–C–C–N with tert-alkyl or cyclic N) is 1. The third-order valence-corrected chi connectivity index (χ3v) is 7.51. The van der Waals surface area contributed by atoms with Crippen molar-refractivity contribution in [2.24, 2.45) is 5.10 Å². The molecule has 17 heteroatoms. The van der Waals surface area contributed by atoms with Crippen LogP contribution >= 0.6 is 0 Å². The van der Waals surface area contributed by atoms with Gasteiger partial charge in [0.05, 0.1) is 24.9 Å². The molecule has 1 N–H and O–H groups in total. The molecule has 2 aliphatic rings. The van der Waals surface area contributed by atoms with E-state index in [1.807, 2.05) is 0 Å². The van der Waals surface area contributed by atoms with Crippen LogP contribution in [-0.4, -0.2) is 118 Å². The topological polar surface area (TPSA) is 151 Å². The number of aromatic nitrogens is 4. The van der Waals surface area contributed by atoms with Gasteiger partial charge in [-0.1, -0.05) is 11.0 Å². The summed E-state index contributed by atoms with van der Waals surface area (Å²) in [5, 5.41) is 28.7. The first kappa shape index (κ1) is 31.4. The minimum absolute atomic E-state index is 0.0164. The third-order valence-electron chi connectivity index (χ3n) is 7.51. The van der Waals surface area contributed by atoms with Gasteiger partial charge in [-0.15, -0.1) is 5.10 Å². The molecule has 0 spiro atoms. The van der Waals surface area contributed by atoms with Crippen molar-refractivity contribution in [2.45, 2.75) is 25.0 Å². The number of anilines is 1. The zero-order chi connectivity index (χ0) is 32.0. The fourth-order valence-electron chi connectivity index (χ4n) is 5.11. The van der Waals surface area contributed by atoms with Crippen molar-refractivity contribution in [2.75, 3.05) is 58.3 Å². The number of halogens is 2. The third kappa shape index (κ3) is 7.06. The summed E-state index contributed by atoms with van der Waals surface area (Å²) in [7, 11) is 1.54. The van der Waals surface area contributed by atoms with Crippen LogP contribution in [0.5, 0.6) is 0 Å². The van der Waals surface area contributed by atoms with Crippen LogP contribution in [0.4, 0.5) is 24.1 Å². The van der Waals surface area contributed by atoms with Gasteiger partial charge in [-0.2, -0.15) is 0 Å². The molecule has 45 heavy (non-hydrogen) atoms. The second-order valence-corrected chi connectivity index (χ2v) is 10.4. The summed E-state index contributed by atoms with van der Waals surface area (Å²) < 4.78 is 45.5. The van der Waals surface area contributed by atoms with Gasteiger partial charge in [0.25, 0.3) is 0 Å². The van der Waals surface area contributed by atoms with Crippen molar-refractivity contribution in [3.05, 3.63) is 66.0 Å². The van der Waals surface area contributed by atoms with Gasteiger partial charge in [0, 0.05) is 50.5 Å². The molecule has 1 aromatic heterocycles. The lowest BCUT2D eigenvalue weighted by molar-refractivity contribution is -0.0602. The monoisotopic (exact) mass is 628 g/mol. The zero-order valence-corrected chi connectivity index (χ0v) is 24.6. The van der Waals surface area contributed by atoms with Crippen molar-refractivity contribution in [3.63, 3.8) is 0 Å². The highest BCUT2D eigenvalue weighted by molar-refractivity contribution is 5.94. The molecule has 3 aromatic rings. The molecule has 1 fully saturated rings. The van der Waals surface area contributed by atoms with E-state index in [1.165, 1.54) is 37.8 Å². The summed E-state index contributed by atoms with van der Waals surface area (Å²) in [6.07, 6.45) is 3.74. The largest absolute Gasteiger partial charge is 0.547 e. The van der Waals surface area contributed by atoms with Gasteiger partial charge in [-0.3, -0.25) is 4.90 Å². The molecule has 2 amide bonds. The minimum atomic E-state index is -2.05. The zero-order valence-electron chi connectivity index (χ0n) is 24.6. The molecule has 0 bridgehead atoms. The number of hydrogen-bond acceptors (Lipinski definition) is 12. The van der Waals surface area contributed by atoms with Crippen LogP contribution in [-0.2, 0) is 19.8 Å². The van der Waals surface area contributed by atoms with Crippen LogP contribution in [0.1, 0.15) is 18.9 Å². The molecule has 2 atom stereocenters. The van der Waals surface area contributed by atoms with Gasteiger partial charge in [-0.25, -0.2) is 28.1 Å². The lowest BCUT2D eigenvalue weighted by Gasteiger charge is -2.40. The number of benzene rings is 2. The number of ether oxygens (including phenoxy) is 3. The average Bonchev–Trinajstić information content (AvgIpc) is 3.80. The van der Waals surface area contributed by atoms with Gasteiger partial charge in [0.2, 0.25) is 6.73 Å². The van der Waals surface area contributed by atoms with Gasteiger partial charge in [0.15, 0.2) is 6.67 Å². The maximum atomic E-state index is 15.2. The lowest BCUT2D eigenvalue weighted by atomic mass is 9.85. The van der Waals surface area contributed by atoms with Crippen molar-refractivity contribution < 1.29 is 37.7 Å². The Hall–Kier alpha value is -4.99. The van der Waals surface area contributed by atoms with Crippen molar-refractivity contribution in [1.29, 1.82) is 0 Å². The van der Waals surface area contributed by atoms with E-state index in [0.717, 1.165) is 12.1 Å². The first-order valence-corrected chi connectivity index (χ1v) is 14.0. The molecule has 2 aromatic carbocycles. The number of hydrazone groups is 1. The first-order chi connectivity index (χ1) is 21.7. The lowest BCUT2D eigenvalue weighted by Crippen LogP contribution is -2.55. The van der Waals surface area contributed by atoms with Gasteiger partial charge >= 0.3 is 18.5 Å². The number of tetrazole rings is 1. The minimum Gasteiger partial charge on any atom is -0.434 e. The normalized spacial score (nSPS) is 16.6. The van der Waals surface area contributed by atoms with Crippen LogP contribution in [0.2, 0.25) is 0 Å². The average molecular weight is 629 g/mol. The Kier molecular flexibility index (Phi) is 9.61. The van der Waals surface area contributed by atoms with E-state index in [9.17, 15) is 19.1 Å². The first-order valence-electron chi connectivity index (χ1n) is 14.0. The van der Waals surface area contributed by atoms with E-state index in [-0.39, 0.29) is 38.7 Å². The predicted octanol–water partition coefficient (Wildman–Crippen LogP) is 2.00. The number of hydrogen-bond donors (Lipinski definition) is 1. The smallest absolute Gasteiger partial charge is 0.434 e. The molecule has 2 aliphatic heterocycles. The van der Waals surface area contributed by atoms with Crippen LogP contribution < -0.4 is 4.90 Å². The maximum Gasteiger partial charge on any atom is 0.547 e. The van der Waals surface area contributed by atoms with E-state index in [2.05, 4.69) is 27.0 Å². The van der Waals surface area contributed by atoms with E-state index < -0.39 is 35.5 Å². The highest BCUT2D eigenvalue weighted by atomic mass is 19.1. The van der Waals surface area contributed by atoms with Crippen LogP contribution in [0.3, 0.4) is 0 Å². The Bertz CT molecular complexity index is 1500. The highest BCUT2D eigenvalue weighted by Gasteiger charge is 2.48. The van der Waals surface area contributed by atoms with E-state index in [0.29, 0.717) is 37.0 Å². The van der Waals surface area contributed by atoms with Gasteiger partial charge < -0.3 is 24.2 Å². The van der Waals surface area contributed by atoms with Crippen LogP contribution in [0.25, 0.3) is 5.69 Å². The molecule has 0 aliphatic carbocycles. The van der Waals surface area contributed by atoms with Crippen LogP contribution in [0.15, 0.2) is 53.9 Å². The summed E-state index contributed by atoms with van der Waals surface area (Å²) in [5.41, 5.74) is -0.953. The fraction of sp³-hybridized carbons (Fsp3) is 0.429. The van der Waals surface area contributed by atoms with Crippen molar-refractivity contribution in [1.82, 2.24) is 35.0 Å². The number of amides is 2. The fourth-order valence-corrected chi connectivity index (χ4v) is 5.11. The van der Waals surface area contributed by atoms with Gasteiger partial charge in [-0.05, 0) is 47.7 Å². The molecule has 0 radical (unpaired) electrons. The SMILES string of the molecule is COCCCOC(=O)OCN1[C+]=NN(C[C@@](O)(c2ccc(F)cc2F)[C@@H](C)N2CCN(c3ccc(-n4cnnn4)cc3)C2=O)C1. The molecule has 5 rings (SSSR count). The second kappa shape index (κ2) is 13.8. The Labute approximate surface area is 257 Å². The van der Waals surface area contributed by atoms with Gasteiger partial charge in [0.1, 0.15) is 28.7 Å². The molecular weight excluding hydrogens is 596 g/mol.